The summed E-state index contributed by atoms with van der Waals surface area (Å²) in [5.41, 5.74) is 1.51. The van der Waals surface area contributed by atoms with Crippen molar-refractivity contribution in [2.75, 3.05) is 13.2 Å². The van der Waals surface area contributed by atoms with Crippen LogP contribution in [0, 0.1) is 0 Å². The standard InChI is InChI=1S/C40H44O16/c1-21-31(50-22(2)41)33(51-23(3)42)36(52-24(4)43)40(49-21)56-34-32-30(20-48-38(55-32)27-13-9-6-10-14-27)53-39(35(34)54-37(46)26-11-7-5-8-12-26)47-18-17-25-15-16-28(44)29(45)19-25/h5-16,19,21,30-36,38-40,44-45H,17-18,20H2,1-4H3/t21-,30+,31-,32+,33+,34-,35+,36+,38?,39+,40-/m0/s1. The predicted octanol–water partition coefficient (Wildman–Crippen LogP) is 3.65. The molecular formula is C40H44O16. The fourth-order valence-electron chi connectivity index (χ4n) is 6.76. The SMILES string of the molecule is CC(=O)O[C@@H]1[C@@H](OC(C)=O)[C@H](C)O[C@@H](O[C@@H]2[C@@H](OC(=O)c3ccccc3)[C@H](OCCc3ccc(O)c(O)c3)O[C@@H]3COC(c4ccccc4)O[C@@H]23)[C@@H]1OC(C)=O. The van der Waals surface area contributed by atoms with E-state index in [1.165, 1.54) is 19.1 Å². The van der Waals surface area contributed by atoms with E-state index in [1.54, 1.807) is 43.3 Å². The van der Waals surface area contributed by atoms with E-state index in [9.17, 15) is 29.4 Å². The van der Waals surface area contributed by atoms with Crippen molar-refractivity contribution in [2.45, 2.75) is 102 Å². The number of hydrogen-bond donors (Lipinski definition) is 2. The summed E-state index contributed by atoms with van der Waals surface area (Å²) in [6.07, 6.45) is -13.1. The Morgan fingerprint density at radius 3 is 1.96 bits per heavy atom. The average Bonchev–Trinajstić information content (AvgIpc) is 3.17. The van der Waals surface area contributed by atoms with Gasteiger partial charge in [0.1, 0.15) is 18.3 Å². The zero-order valence-electron chi connectivity index (χ0n) is 31.1. The van der Waals surface area contributed by atoms with Gasteiger partial charge in [0.05, 0.1) is 24.9 Å². The van der Waals surface area contributed by atoms with Crippen LogP contribution in [0.2, 0.25) is 0 Å². The Morgan fingerprint density at radius 1 is 0.679 bits per heavy atom. The monoisotopic (exact) mass is 780 g/mol. The molecule has 0 aliphatic carbocycles. The minimum Gasteiger partial charge on any atom is -0.504 e. The van der Waals surface area contributed by atoms with E-state index in [2.05, 4.69) is 0 Å². The zero-order valence-corrected chi connectivity index (χ0v) is 31.1. The number of fused-ring (bicyclic) bond motifs is 1. The zero-order chi connectivity index (χ0) is 39.9. The first-order valence-corrected chi connectivity index (χ1v) is 18.1. The predicted molar refractivity (Wildman–Crippen MR) is 190 cm³/mol. The molecular weight excluding hydrogens is 736 g/mol. The molecule has 0 saturated carbocycles. The molecule has 3 aromatic carbocycles. The average molecular weight is 781 g/mol. The van der Waals surface area contributed by atoms with Crippen molar-refractivity contribution in [3.8, 4) is 11.5 Å². The van der Waals surface area contributed by atoms with E-state index in [-0.39, 0.29) is 36.7 Å². The fourth-order valence-corrected chi connectivity index (χ4v) is 6.76. The lowest BCUT2D eigenvalue weighted by Gasteiger charge is -2.50. The molecule has 3 aliphatic heterocycles. The number of ether oxygens (including phenoxy) is 10. The van der Waals surface area contributed by atoms with Crippen molar-refractivity contribution in [1.82, 2.24) is 0 Å². The molecule has 56 heavy (non-hydrogen) atoms. The summed E-state index contributed by atoms with van der Waals surface area (Å²) in [5.74, 6) is -3.58. The maximum Gasteiger partial charge on any atom is 0.338 e. The number of phenols is 2. The summed E-state index contributed by atoms with van der Waals surface area (Å²) in [5, 5.41) is 19.8. The van der Waals surface area contributed by atoms with Gasteiger partial charge in [-0.1, -0.05) is 54.6 Å². The second-order valence-corrected chi connectivity index (χ2v) is 13.4. The van der Waals surface area contributed by atoms with E-state index in [0.717, 1.165) is 13.8 Å². The van der Waals surface area contributed by atoms with Crippen molar-refractivity contribution >= 4 is 23.9 Å². The van der Waals surface area contributed by atoms with E-state index in [0.29, 0.717) is 11.1 Å². The quantitative estimate of drug-likeness (QED) is 0.153. The number of carbonyl (C=O) groups is 4. The van der Waals surface area contributed by atoms with Crippen molar-refractivity contribution in [1.29, 1.82) is 0 Å². The lowest BCUT2D eigenvalue weighted by molar-refractivity contribution is -0.390. The maximum atomic E-state index is 13.8. The molecule has 1 unspecified atom stereocenters. The van der Waals surface area contributed by atoms with Gasteiger partial charge < -0.3 is 57.6 Å². The van der Waals surface area contributed by atoms with Crippen LogP contribution in [0.5, 0.6) is 11.5 Å². The Balaban J connectivity index is 1.38. The molecule has 0 aromatic heterocycles. The second kappa shape index (κ2) is 18.2. The molecule has 3 fully saturated rings. The van der Waals surface area contributed by atoms with Gasteiger partial charge in [0.25, 0.3) is 0 Å². The topological polar surface area (TPSA) is 201 Å². The molecule has 0 spiro atoms. The normalized spacial score (nSPS) is 30.0. The number of carbonyl (C=O) groups excluding carboxylic acids is 4. The van der Waals surface area contributed by atoms with E-state index in [1.807, 2.05) is 30.3 Å². The van der Waals surface area contributed by atoms with E-state index < -0.39 is 91.6 Å². The summed E-state index contributed by atoms with van der Waals surface area (Å²) in [6, 6.07) is 21.6. The first-order valence-electron chi connectivity index (χ1n) is 18.1. The third-order valence-electron chi connectivity index (χ3n) is 9.25. The van der Waals surface area contributed by atoms with Crippen LogP contribution in [0.1, 0.15) is 55.5 Å². The second-order valence-electron chi connectivity index (χ2n) is 13.4. The Kier molecular flexibility index (Phi) is 13.2. The van der Waals surface area contributed by atoms with Gasteiger partial charge in [0, 0.05) is 26.3 Å². The molecule has 16 heteroatoms. The van der Waals surface area contributed by atoms with Crippen LogP contribution >= 0.6 is 0 Å². The third-order valence-corrected chi connectivity index (χ3v) is 9.25. The van der Waals surface area contributed by atoms with Crippen molar-refractivity contribution in [3.63, 3.8) is 0 Å². The van der Waals surface area contributed by atoms with Gasteiger partial charge in [-0.2, -0.15) is 0 Å². The van der Waals surface area contributed by atoms with Crippen LogP contribution < -0.4 is 0 Å². The van der Waals surface area contributed by atoms with E-state index >= 15 is 0 Å². The first kappa shape index (κ1) is 40.6. The van der Waals surface area contributed by atoms with Gasteiger partial charge in [0.2, 0.25) is 0 Å². The van der Waals surface area contributed by atoms with Crippen molar-refractivity contribution in [2.24, 2.45) is 0 Å². The van der Waals surface area contributed by atoms with Gasteiger partial charge >= 0.3 is 23.9 Å². The smallest absolute Gasteiger partial charge is 0.338 e. The van der Waals surface area contributed by atoms with Crippen molar-refractivity contribution in [3.05, 3.63) is 95.6 Å². The van der Waals surface area contributed by atoms with Crippen LogP contribution in [0.3, 0.4) is 0 Å². The van der Waals surface area contributed by atoms with Crippen LogP contribution in [-0.2, 0) is 68.2 Å². The van der Waals surface area contributed by atoms with Crippen LogP contribution in [-0.4, -0.2) is 109 Å². The Bertz CT molecular complexity index is 1820. The van der Waals surface area contributed by atoms with E-state index in [4.69, 9.17) is 47.4 Å². The molecule has 3 aliphatic rings. The Hall–Kier alpha value is -5.10. The molecule has 0 radical (unpaired) electrons. The summed E-state index contributed by atoms with van der Waals surface area (Å²) in [4.78, 5) is 50.9. The minimum atomic E-state index is -1.52. The summed E-state index contributed by atoms with van der Waals surface area (Å²) in [7, 11) is 0. The molecule has 0 bridgehead atoms. The number of benzene rings is 3. The Morgan fingerprint density at radius 2 is 1.30 bits per heavy atom. The molecule has 3 saturated heterocycles. The molecule has 0 amide bonds. The number of hydrogen-bond acceptors (Lipinski definition) is 16. The largest absolute Gasteiger partial charge is 0.504 e. The third kappa shape index (κ3) is 9.82. The van der Waals surface area contributed by atoms with Crippen LogP contribution in [0.25, 0.3) is 0 Å². The molecule has 16 nitrogen and oxygen atoms in total. The van der Waals surface area contributed by atoms with Crippen molar-refractivity contribution < 1.29 is 76.8 Å². The number of phenolic OH excluding ortho intramolecular Hbond substituents is 2. The fraction of sp³-hybridized carbons (Fsp3) is 0.450. The van der Waals surface area contributed by atoms with Gasteiger partial charge in [0.15, 0.2) is 54.8 Å². The highest BCUT2D eigenvalue weighted by atomic mass is 16.8. The molecule has 2 N–H and O–H groups in total. The summed E-state index contributed by atoms with van der Waals surface area (Å²) >= 11 is 0. The molecule has 300 valence electrons. The van der Waals surface area contributed by atoms with Gasteiger partial charge in [-0.25, -0.2) is 4.79 Å². The lowest BCUT2D eigenvalue weighted by atomic mass is 9.95. The van der Waals surface area contributed by atoms with Gasteiger partial charge in [-0.05, 0) is 43.2 Å². The van der Waals surface area contributed by atoms with Crippen LogP contribution in [0.4, 0.5) is 0 Å². The molecule has 6 rings (SSSR count). The highest BCUT2D eigenvalue weighted by Gasteiger charge is 2.57. The highest BCUT2D eigenvalue weighted by molar-refractivity contribution is 5.89. The Labute approximate surface area is 322 Å². The number of rotatable bonds is 12. The molecule has 3 heterocycles. The number of aromatic hydroxyl groups is 2. The van der Waals surface area contributed by atoms with Gasteiger partial charge in [-0.15, -0.1) is 0 Å². The maximum absolute atomic E-state index is 13.8. The van der Waals surface area contributed by atoms with Gasteiger partial charge in [-0.3, -0.25) is 14.4 Å². The minimum absolute atomic E-state index is 0.0155. The molecule has 3 aromatic rings. The number of esters is 4. The summed E-state index contributed by atoms with van der Waals surface area (Å²) < 4.78 is 61.1. The lowest BCUT2D eigenvalue weighted by Crippen LogP contribution is -2.67. The van der Waals surface area contributed by atoms with Crippen LogP contribution in [0.15, 0.2) is 78.9 Å². The highest BCUT2D eigenvalue weighted by Crippen LogP contribution is 2.40. The summed E-state index contributed by atoms with van der Waals surface area (Å²) in [6.45, 7) is 4.99. The first-order chi connectivity index (χ1) is 26.9. The molecule has 11 atom stereocenters.